The number of fused-ring (bicyclic) bond motifs is 1. The molecule has 0 aliphatic rings. The molecule has 2 rings (SSSR count). The van der Waals surface area contributed by atoms with E-state index in [4.69, 9.17) is 23.2 Å². The van der Waals surface area contributed by atoms with Gasteiger partial charge in [-0.2, -0.15) is 4.98 Å². The first kappa shape index (κ1) is 25.9. The molecule has 0 aromatic carbocycles. The summed E-state index contributed by atoms with van der Waals surface area (Å²) in [5.74, 6) is -0.0856. The quantitative estimate of drug-likeness (QED) is 0.106. The Morgan fingerprint density at radius 3 is 1.90 bits per heavy atom. The highest BCUT2D eigenvalue weighted by Crippen LogP contribution is 2.22. The number of hydrogen-bond donors (Lipinski definition) is 0. The summed E-state index contributed by atoms with van der Waals surface area (Å²) >= 11 is 12.0. The first-order chi connectivity index (χ1) is 15.1. The van der Waals surface area contributed by atoms with Crippen molar-refractivity contribution in [2.24, 2.45) is 0 Å². The molecule has 0 saturated carbocycles. The third-order valence-electron chi connectivity index (χ3n) is 5.66. The van der Waals surface area contributed by atoms with Crippen molar-refractivity contribution < 1.29 is 9.53 Å². The summed E-state index contributed by atoms with van der Waals surface area (Å²) in [6, 6.07) is 0. The van der Waals surface area contributed by atoms with E-state index in [1.54, 1.807) is 6.33 Å². The third-order valence-corrected chi connectivity index (χ3v) is 6.09. The number of unbranched alkanes of at least 4 members (excludes halogenated alkanes) is 13. The highest BCUT2D eigenvalue weighted by Gasteiger charge is 2.11. The van der Waals surface area contributed by atoms with E-state index in [-0.39, 0.29) is 11.3 Å². The van der Waals surface area contributed by atoms with Gasteiger partial charge >= 0.3 is 5.97 Å². The maximum Gasteiger partial charge on any atom is 0.305 e. The number of aromatic nitrogens is 4. The molecule has 0 fully saturated rings. The van der Waals surface area contributed by atoms with Gasteiger partial charge in [0.25, 0.3) is 0 Å². The number of halogens is 2. The molecule has 2 heterocycles. The summed E-state index contributed by atoms with van der Waals surface area (Å²) < 4.78 is 6.67. The highest BCUT2D eigenvalue weighted by molar-refractivity contribution is 6.35. The minimum Gasteiger partial charge on any atom is -0.469 e. The Balaban J connectivity index is 1.38. The molecule has 0 bridgehead atoms. The molecule has 8 heteroatoms. The summed E-state index contributed by atoms with van der Waals surface area (Å²) in [4.78, 5) is 23.4. The normalized spacial score (nSPS) is 11.3. The molecule has 174 valence electrons. The van der Waals surface area contributed by atoms with E-state index in [1.807, 2.05) is 4.57 Å². The molecule has 2 aromatic rings. The van der Waals surface area contributed by atoms with Crippen molar-refractivity contribution >= 4 is 40.3 Å². The van der Waals surface area contributed by atoms with Gasteiger partial charge in [-0.05, 0) is 24.4 Å². The lowest BCUT2D eigenvalue weighted by Gasteiger charge is -2.06. The van der Waals surface area contributed by atoms with Crippen LogP contribution in [0.2, 0.25) is 10.4 Å². The monoisotopic (exact) mass is 470 g/mol. The number of carbonyl (C=O) groups is 1. The zero-order valence-electron chi connectivity index (χ0n) is 18.8. The molecule has 0 atom stereocenters. The second-order valence-corrected chi connectivity index (χ2v) is 8.87. The van der Waals surface area contributed by atoms with Crippen molar-refractivity contribution in [1.29, 1.82) is 0 Å². The van der Waals surface area contributed by atoms with E-state index in [0.717, 1.165) is 31.3 Å². The Hall–Kier alpha value is -1.40. The van der Waals surface area contributed by atoms with Crippen molar-refractivity contribution in [3.63, 3.8) is 0 Å². The van der Waals surface area contributed by atoms with Crippen molar-refractivity contribution in [1.82, 2.24) is 19.5 Å². The number of aryl methyl sites for hydroxylation is 1. The van der Waals surface area contributed by atoms with Crippen LogP contribution in [-0.2, 0) is 16.1 Å². The largest absolute Gasteiger partial charge is 0.469 e. The Labute approximate surface area is 196 Å². The van der Waals surface area contributed by atoms with Crippen LogP contribution in [0.15, 0.2) is 6.33 Å². The Morgan fingerprint density at radius 1 is 0.839 bits per heavy atom. The van der Waals surface area contributed by atoms with Gasteiger partial charge in [0.1, 0.15) is 5.52 Å². The lowest BCUT2D eigenvalue weighted by atomic mass is 10.0. The first-order valence-corrected chi connectivity index (χ1v) is 12.5. The fourth-order valence-electron chi connectivity index (χ4n) is 3.86. The lowest BCUT2D eigenvalue weighted by Crippen LogP contribution is -1.99. The third kappa shape index (κ3) is 10.2. The van der Waals surface area contributed by atoms with Crippen molar-refractivity contribution in [3.05, 3.63) is 16.8 Å². The molecule has 0 saturated heterocycles. The van der Waals surface area contributed by atoms with Crippen LogP contribution in [0.25, 0.3) is 11.2 Å². The molecule has 0 amide bonds. The zero-order valence-corrected chi connectivity index (χ0v) is 20.3. The number of nitrogens with zero attached hydrogens (tertiary/aromatic N) is 4. The van der Waals surface area contributed by atoms with Gasteiger partial charge in [-0.15, -0.1) is 0 Å². The molecule has 0 aliphatic carbocycles. The Bertz CT molecular complexity index is 782. The van der Waals surface area contributed by atoms with Crippen LogP contribution >= 0.6 is 23.2 Å². The van der Waals surface area contributed by atoms with Gasteiger partial charge in [0.2, 0.25) is 5.28 Å². The smallest absolute Gasteiger partial charge is 0.305 e. The van der Waals surface area contributed by atoms with Crippen molar-refractivity contribution in [3.8, 4) is 0 Å². The van der Waals surface area contributed by atoms with E-state index in [9.17, 15) is 4.79 Å². The summed E-state index contributed by atoms with van der Waals surface area (Å²) in [5, 5.41) is 0.501. The van der Waals surface area contributed by atoms with Gasteiger partial charge in [0, 0.05) is 13.0 Å². The molecular formula is C23H36Cl2N4O2. The van der Waals surface area contributed by atoms with Crippen LogP contribution in [0.1, 0.15) is 96.3 Å². The van der Waals surface area contributed by atoms with Gasteiger partial charge in [-0.1, -0.05) is 88.7 Å². The predicted molar refractivity (Wildman–Crippen MR) is 127 cm³/mol. The topological polar surface area (TPSA) is 69.9 Å². The SMILES string of the molecule is COC(=O)CCCCCCCCCCCCCCCCn1cnc2nc(Cl)nc(Cl)c21. The Kier molecular flexibility index (Phi) is 12.9. The molecule has 6 nitrogen and oxygen atoms in total. The predicted octanol–water partition coefficient (Wildman–Crippen LogP) is 7.16. The fourth-order valence-corrected chi connectivity index (χ4v) is 4.34. The minimum atomic E-state index is -0.0856. The molecule has 0 N–H and O–H groups in total. The molecule has 2 aromatic heterocycles. The van der Waals surface area contributed by atoms with Crippen LogP contribution in [0.3, 0.4) is 0 Å². The van der Waals surface area contributed by atoms with Gasteiger partial charge in [-0.25, -0.2) is 9.97 Å². The van der Waals surface area contributed by atoms with E-state index in [2.05, 4.69) is 19.7 Å². The summed E-state index contributed by atoms with van der Waals surface area (Å²) in [6.45, 7) is 0.879. The van der Waals surface area contributed by atoms with Gasteiger partial charge in [0.05, 0.1) is 13.4 Å². The maximum absolute atomic E-state index is 11.0. The zero-order chi connectivity index (χ0) is 22.3. The van der Waals surface area contributed by atoms with Gasteiger partial charge in [-0.3, -0.25) is 4.79 Å². The fraction of sp³-hybridized carbons (Fsp3) is 0.739. The molecule has 31 heavy (non-hydrogen) atoms. The number of imidazole rings is 1. The van der Waals surface area contributed by atoms with Gasteiger partial charge in [0.15, 0.2) is 10.8 Å². The van der Waals surface area contributed by atoms with Crippen molar-refractivity contribution in [2.75, 3.05) is 7.11 Å². The molecule has 0 spiro atoms. The van der Waals surface area contributed by atoms with Crippen LogP contribution in [0.4, 0.5) is 0 Å². The van der Waals surface area contributed by atoms with Crippen LogP contribution in [-0.4, -0.2) is 32.6 Å². The standard InChI is InChI=1S/C23H36Cl2N4O2/c1-31-19(30)16-14-12-10-8-6-4-2-3-5-7-9-11-13-15-17-29-18-26-22-20(29)21(24)27-23(25)28-22/h18H,2-17H2,1H3. The van der Waals surface area contributed by atoms with Crippen LogP contribution in [0, 0.1) is 0 Å². The number of ether oxygens (including phenoxy) is 1. The van der Waals surface area contributed by atoms with Crippen molar-refractivity contribution in [2.45, 2.75) is 103 Å². The number of methoxy groups -OCH3 is 1. The first-order valence-electron chi connectivity index (χ1n) is 11.7. The Morgan fingerprint density at radius 2 is 1.35 bits per heavy atom. The average molecular weight is 471 g/mol. The van der Waals surface area contributed by atoms with Crippen LogP contribution in [0.5, 0.6) is 0 Å². The molecule has 0 unspecified atom stereocenters. The second-order valence-electron chi connectivity index (χ2n) is 8.17. The number of hydrogen-bond acceptors (Lipinski definition) is 5. The van der Waals surface area contributed by atoms with Crippen LogP contribution < -0.4 is 0 Å². The van der Waals surface area contributed by atoms with E-state index < -0.39 is 0 Å². The number of rotatable bonds is 17. The molecule has 0 aliphatic heterocycles. The van der Waals surface area contributed by atoms with E-state index in [0.29, 0.717) is 17.2 Å². The average Bonchev–Trinajstić information content (AvgIpc) is 3.16. The molecule has 0 radical (unpaired) electrons. The summed E-state index contributed by atoms with van der Waals surface area (Å²) in [6.07, 6.45) is 19.9. The van der Waals surface area contributed by atoms with E-state index >= 15 is 0 Å². The minimum absolute atomic E-state index is 0.0856. The maximum atomic E-state index is 11.0. The summed E-state index contributed by atoms with van der Waals surface area (Å²) in [5.41, 5.74) is 1.33. The van der Waals surface area contributed by atoms with Gasteiger partial charge < -0.3 is 9.30 Å². The number of esters is 1. The summed E-state index contributed by atoms with van der Waals surface area (Å²) in [7, 11) is 1.46. The highest BCUT2D eigenvalue weighted by atomic mass is 35.5. The lowest BCUT2D eigenvalue weighted by molar-refractivity contribution is -0.140. The molecular weight excluding hydrogens is 435 g/mol. The van der Waals surface area contributed by atoms with E-state index in [1.165, 1.54) is 77.7 Å². The number of carbonyl (C=O) groups excluding carboxylic acids is 1. The second kappa shape index (κ2) is 15.4.